The molecule has 1 saturated heterocycles. The van der Waals surface area contributed by atoms with Crippen LogP contribution >= 0.6 is 0 Å². The zero-order valence-electron chi connectivity index (χ0n) is 13.3. The van der Waals surface area contributed by atoms with Crippen LogP contribution in [0.3, 0.4) is 0 Å². The molecule has 2 fully saturated rings. The summed E-state index contributed by atoms with van der Waals surface area (Å²) in [5.74, 6) is 2.33. The van der Waals surface area contributed by atoms with Crippen molar-refractivity contribution in [2.24, 2.45) is 5.92 Å². The molecule has 4 heteroatoms. The lowest BCUT2D eigenvalue weighted by atomic mass is 10.1. The number of amides is 1. The summed E-state index contributed by atoms with van der Waals surface area (Å²) in [6.45, 7) is 7.15. The number of imidazole rings is 1. The lowest BCUT2D eigenvalue weighted by Crippen LogP contribution is -2.33. The summed E-state index contributed by atoms with van der Waals surface area (Å²) in [5.41, 5.74) is 1.24. The fourth-order valence-corrected chi connectivity index (χ4v) is 3.92. The molecule has 3 rings (SSSR count). The number of hydrogen-bond acceptors (Lipinski definition) is 2. The average Bonchev–Trinajstić information content (AvgIpc) is 3.20. The van der Waals surface area contributed by atoms with Gasteiger partial charge in [-0.2, -0.15) is 0 Å². The largest absolute Gasteiger partial charge is 0.342 e. The highest BCUT2D eigenvalue weighted by Crippen LogP contribution is 2.32. The molecule has 0 radical (unpaired) electrons. The first-order valence-electron chi connectivity index (χ1n) is 8.51. The van der Waals surface area contributed by atoms with Crippen LogP contribution in [-0.4, -0.2) is 33.4 Å². The first-order chi connectivity index (χ1) is 10.2. The van der Waals surface area contributed by atoms with Gasteiger partial charge in [-0.15, -0.1) is 0 Å². The van der Waals surface area contributed by atoms with Crippen LogP contribution < -0.4 is 0 Å². The second kappa shape index (κ2) is 6.20. The highest BCUT2D eigenvalue weighted by molar-refractivity contribution is 5.79. The third-order valence-electron chi connectivity index (χ3n) is 5.10. The highest BCUT2D eigenvalue weighted by atomic mass is 16.2. The predicted octanol–water partition coefficient (Wildman–Crippen LogP) is 3.11. The van der Waals surface area contributed by atoms with Gasteiger partial charge in [0.15, 0.2) is 0 Å². The van der Waals surface area contributed by atoms with E-state index in [0.29, 0.717) is 17.7 Å². The lowest BCUT2D eigenvalue weighted by Gasteiger charge is -2.20. The van der Waals surface area contributed by atoms with Gasteiger partial charge in [0, 0.05) is 43.4 Å². The summed E-state index contributed by atoms with van der Waals surface area (Å²) < 4.78 is 2.34. The van der Waals surface area contributed by atoms with Crippen molar-refractivity contribution in [2.45, 2.75) is 64.8 Å². The van der Waals surface area contributed by atoms with E-state index in [1.54, 1.807) is 0 Å². The molecule has 1 atom stereocenters. The lowest BCUT2D eigenvalue weighted by molar-refractivity contribution is -0.134. The number of rotatable bonds is 4. The monoisotopic (exact) mass is 289 g/mol. The Hall–Kier alpha value is -1.32. The summed E-state index contributed by atoms with van der Waals surface area (Å²) in [6, 6.07) is 0. The molecule has 1 aliphatic heterocycles. The molecule has 116 valence electrons. The first-order valence-corrected chi connectivity index (χ1v) is 8.51. The van der Waals surface area contributed by atoms with Gasteiger partial charge in [0.05, 0.1) is 0 Å². The Bertz CT molecular complexity index is 502. The number of likely N-dealkylation sites (tertiary alicyclic amines) is 1. The van der Waals surface area contributed by atoms with E-state index in [-0.39, 0.29) is 0 Å². The van der Waals surface area contributed by atoms with Crippen LogP contribution in [0.4, 0.5) is 0 Å². The molecular formula is C17H27N3O. The van der Waals surface area contributed by atoms with Gasteiger partial charge in [0.2, 0.25) is 5.91 Å². The second-order valence-electron chi connectivity index (χ2n) is 6.66. The van der Waals surface area contributed by atoms with E-state index in [1.165, 1.54) is 24.4 Å². The SMILES string of the molecule is CCCn1c(C)cnc1C1CCN(C(=O)C2CCCC2)C1. The quantitative estimate of drug-likeness (QED) is 0.854. The van der Waals surface area contributed by atoms with Crippen molar-refractivity contribution in [3.05, 3.63) is 17.7 Å². The van der Waals surface area contributed by atoms with E-state index >= 15 is 0 Å². The summed E-state index contributed by atoms with van der Waals surface area (Å²) in [6.07, 6.45) is 8.83. The number of aryl methyl sites for hydroxylation is 1. The van der Waals surface area contributed by atoms with Crippen LogP contribution in [0.25, 0.3) is 0 Å². The molecule has 0 bridgehead atoms. The fourth-order valence-electron chi connectivity index (χ4n) is 3.92. The van der Waals surface area contributed by atoms with E-state index in [9.17, 15) is 4.79 Å². The standard InChI is InChI=1S/C17H27N3O/c1-3-9-20-13(2)11-18-16(20)15-8-10-19(12-15)17(21)14-6-4-5-7-14/h11,14-15H,3-10,12H2,1-2H3. The number of carbonyl (C=O) groups is 1. The molecule has 4 nitrogen and oxygen atoms in total. The smallest absolute Gasteiger partial charge is 0.225 e. The van der Waals surface area contributed by atoms with Crippen molar-refractivity contribution in [2.75, 3.05) is 13.1 Å². The van der Waals surface area contributed by atoms with Gasteiger partial charge >= 0.3 is 0 Å². The van der Waals surface area contributed by atoms with E-state index in [0.717, 1.165) is 45.3 Å². The molecular weight excluding hydrogens is 262 g/mol. The van der Waals surface area contributed by atoms with Crippen LogP contribution in [0.1, 0.15) is 62.9 Å². The first kappa shape index (κ1) is 14.6. The van der Waals surface area contributed by atoms with E-state index in [2.05, 4.69) is 28.3 Å². The average molecular weight is 289 g/mol. The van der Waals surface area contributed by atoms with Gasteiger partial charge in [-0.1, -0.05) is 19.8 Å². The van der Waals surface area contributed by atoms with Crippen LogP contribution in [0.5, 0.6) is 0 Å². The minimum atomic E-state index is 0.306. The Balaban J connectivity index is 1.68. The maximum absolute atomic E-state index is 12.5. The van der Waals surface area contributed by atoms with Crippen molar-refractivity contribution < 1.29 is 4.79 Å². The van der Waals surface area contributed by atoms with E-state index < -0.39 is 0 Å². The molecule has 2 heterocycles. The molecule has 21 heavy (non-hydrogen) atoms. The van der Waals surface area contributed by atoms with Crippen molar-refractivity contribution >= 4 is 5.91 Å². The number of carbonyl (C=O) groups excluding carboxylic acids is 1. The Morgan fingerprint density at radius 1 is 1.33 bits per heavy atom. The van der Waals surface area contributed by atoms with Gasteiger partial charge in [0.25, 0.3) is 0 Å². The molecule has 1 aliphatic carbocycles. The number of aromatic nitrogens is 2. The van der Waals surface area contributed by atoms with E-state index in [1.807, 2.05) is 6.20 Å². The molecule has 1 aromatic rings. The Morgan fingerprint density at radius 2 is 2.10 bits per heavy atom. The molecule has 1 unspecified atom stereocenters. The minimum Gasteiger partial charge on any atom is -0.342 e. The molecule has 0 spiro atoms. The summed E-state index contributed by atoms with van der Waals surface area (Å²) in [7, 11) is 0. The van der Waals surface area contributed by atoms with Gasteiger partial charge in [-0.3, -0.25) is 4.79 Å². The van der Waals surface area contributed by atoms with Gasteiger partial charge in [-0.05, 0) is 32.6 Å². The van der Waals surface area contributed by atoms with Crippen molar-refractivity contribution in [1.29, 1.82) is 0 Å². The summed E-state index contributed by atoms with van der Waals surface area (Å²) in [4.78, 5) is 19.3. The van der Waals surface area contributed by atoms with Crippen LogP contribution in [0, 0.1) is 12.8 Å². The zero-order valence-corrected chi connectivity index (χ0v) is 13.3. The normalized spacial score (nSPS) is 23.1. The highest BCUT2D eigenvalue weighted by Gasteiger charge is 2.34. The second-order valence-corrected chi connectivity index (χ2v) is 6.66. The topological polar surface area (TPSA) is 38.1 Å². The van der Waals surface area contributed by atoms with E-state index in [4.69, 9.17) is 0 Å². The van der Waals surface area contributed by atoms with Gasteiger partial charge < -0.3 is 9.47 Å². The van der Waals surface area contributed by atoms with Crippen LogP contribution in [0.15, 0.2) is 6.20 Å². The van der Waals surface area contributed by atoms with Crippen molar-refractivity contribution in [1.82, 2.24) is 14.5 Å². The van der Waals surface area contributed by atoms with Crippen LogP contribution in [0.2, 0.25) is 0 Å². The van der Waals surface area contributed by atoms with Crippen LogP contribution in [-0.2, 0) is 11.3 Å². The maximum atomic E-state index is 12.5. The minimum absolute atomic E-state index is 0.306. The maximum Gasteiger partial charge on any atom is 0.225 e. The third kappa shape index (κ3) is 2.85. The molecule has 1 aromatic heterocycles. The molecule has 2 aliphatic rings. The van der Waals surface area contributed by atoms with Gasteiger partial charge in [0.1, 0.15) is 5.82 Å². The Morgan fingerprint density at radius 3 is 2.81 bits per heavy atom. The van der Waals surface area contributed by atoms with Gasteiger partial charge in [-0.25, -0.2) is 4.98 Å². The molecule has 1 saturated carbocycles. The predicted molar refractivity (Wildman–Crippen MR) is 83.2 cm³/mol. The van der Waals surface area contributed by atoms with Crippen molar-refractivity contribution in [3.63, 3.8) is 0 Å². The summed E-state index contributed by atoms with van der Waals surface area (Å²) in [5, 5.41) is 0. The Labute approximate surface area is 127 Å². The molecule has 0 N–H and O–H groups in total. The zero-order chi connectivity index (χ0) is 14.8. The molecule has 0 aromatic carbocycles. The number of hydrogen-bond donors (Lipinski definition) is 0. The van der Waals surface area contributed by atoms with Crippen molar-refractivity contribution in [3.8, 4) is 0 Å². The third-order valence-corrected chi connectivity index (χ3v) is 5.10. The molecule has 1 amide bonds. The Kier molecular flexibility index (Phi) is 4.32. The summed E-state index contributed by atoms with van der Waals surface area (Å²) >= 11 is 0. The number of nitrogens with zero attached hydrogens (tertiary/aromatic N) is 3. The fraction of sp³-hybridized carbons (Fsp3) is 0.765.